The second kappa shape index (κ2) is 8.12. The molecule has 2 aromatic rings. The minimum Gasteiger partial charge on any atom is -0.491 e. The van der Waals surface area contributed by atoms with E-state index >= 15 is 0 Å². The maximum Gasteiger partial charge on any atom is 0.254 e. The van der Waals surface area contributed by atoms with Crippen LogP contribution in [0.1, 0.15) is 28.8 Å². The Bertz CT molecular complexity index is 711. The summed E-state index contributed by atoms with van der Waals surface area (Å²) in [6.07, 6.45) is 2.22. The van der Waals surface area contributed by atoms with Gasteiger partial charge in [-0.15, -0.1) is 0 Å². The van der Waals surface area contributed by atoms with Crippen LogP contribution in [0.2, 0.25) is 0 Å². The molecule has 1 atom stereocenters. The van der Waals surface area contributed by atoms with Crippen molar-refractivity contribution >= 4 is 5.91 Å². The summed E-state index contributed by atoms with van der Waals surface area (Å²) >= 11 is 0. The van der Waals surface area contributed by atoms with E-state index in [0.29, 0.717) is 24.5 Å². The third-order valence-corrected chi connectivity index (χ3v) is 4.22. The summed E-state index contributed by atoms with van der Waals surface area (Å²) in [6.45, 7) is 1.71. The molecule has 0 aliphatic carbocycles. The number of nitrogens with zero attached hydrogens (tertiary/aromatic N) is 1. The Morgan fingerprint density at radius 2 is 2.08 bits per heavy atom. The molecular formula is C20H22FNO3. The predicted molar refractivity (Wildman–Crippen MR) is 93.1 cm³/mol. The number of rotatable bonds is 6. The molecule has 0 spiro atoms. The second-order valence-corrected chi connectivity index (χ2v) is 6.26. The molecule has 0 N–H and O–H groups in total. The van der Waals surface area contributed by atoms with Crippen molar-refractivity contribution in [2.24, 2.45) is 0 Å². The molecule has 5 heteroatoms. The number of halogens is 1. The monoisotopic (exact) mass is 343 g/mol. The Morgan fingerprint density at radius 3 is 2.80 bits per heavy atom. The minimum absolute atomic E-state index is 0.105. The molecule has 1 unspecified atom stereocenters. The van der Waals surface area contributed by atoms with E-state index in [1.165, 1.54) is 12.1 Å². The van der Waals surface area contributed by atoms with E-state index in [1.54, 1.807) is 36.2 Å². The number of hydrogen-bond acceptors (Lipinski definition) is 3. The zero-order valence-electron chi connectivity index (χ0n) is 14.3. The zero-order valence-corrected chi connectivity index (χ0v) is 14.3. The Hall–Kier alpha value is -2.40. The summed E-state index contributed by atoms with van der Waals surface area (Å²) in [5.74, 6) is 0.275. The lowest BCUT2D eigenvalue weighted by Crippen LogP contribution is -2.26. The molecule has 1 fully saturated rings. The first-order valence-electron chi connectivity index (χ1n) is 8.46. The van der Waals surface area contributed by atoms with Crippen LogP contribution in [0.25, 0.3) is 0 Å². The van der Waals surface area contributed by atoms with Gasteiger partial charge in [-0.2, -0.15) is 0 Å². The molecule has 0 radical (unpaired) electrons. The third kappa shape index (κ3) is 4.79. The van der Waals surface area contributed by atoms with E-state index in [4.69, 9.17) is 9.47 Å². The van der Waals surface area contributed by atoms with Gasteiger partial charge in [-0.05, 0) is 48.7 Å². The summed E-state index contributed by atoms with van der Waals surface area (Å²) in [5.41, 5.74) is 1.44. The maximum absolute atomic E-state index is 13.0. The molecule has 1 amide bonds. The van der Waals surface area contributed by atoms with Crippen molar-refractivity contribution in [1.82, 2.24) is 4.90 Å². The molecule has 1 aliphatic rings. The Kier molecular flexibility index (Phi) is 5.66. The number of hydrogen-bond donors (Lipinski definition) is 0. The predicted octanol–water partition coefficient (Wildman–Crippen LogP) is 3.66. The summed E-state index contributed by atoms with van der Waals surface area (Å²) in [6, 6.07) is 13.3. The van der Waals surface area contributed by atoms with Crippen molar-refractivity contribution in [3.05, 3.63) is 65.5 Å². The van der Waals surface area contributed by atoms with E-state index < -0.39 is 0 Å². The van der Waals surface area contributed by atoms with Gasteiger partial charge in [-0.1, -0.05) is 18.2 Å². The van der Waals surface area contributed by atoms with Gasteiger partial charge in [0.15, 0.2) is 0 Å². The fourth-order valence-electron chi connectivity index (χ4n) is 2.84. The first kappa shape index (κ1) is 17.4. The maximum atomic E-state index is 13.0. The van der Waals surface area contributed by atoms with E-state index in [1.807, 2.05) is 12.1 Å². The molecule has 2 aromatic carbocycles. The highest BCUT2D eigenvalue weighted by Gasteiger charge is 2.17. The quantitative estimate of drug-likeness (QED) is 0.803. The van der Waals surface area contributed by atoms with Crippen molar-refractivity contribution < 1.29 is 18.7 Å². The van der Waals surface area contributed by atoms with Crippen LogP contribution in [0.15, 0.2) is 48.5 Å². The van der Waals surface area contributed by atoms with Gasteiger partial charge >= 0.3 is 0 Å². The van der Waals surface area contributed by atoms with Crippen LogP contribution in [-0.2, 0) is 11.3 Å². The minimum atomic E-state index is -0.283. The Balaban J connectivity index is 1.60. The lowest BCUT2D eigenvalue weighted by molar-refractivity contribution is 0.0678. The molecule has 0 bridgehead atoms. The van der Waals surface area contributed by atoms with Gasteiger partial charge in [0.25, 0.3) is 5.91 Å². The third-order valence-electron chi connectivity index (χ3n) is 4.22. The van der Waals surface area contributed by atoms with E-state index in [-0.39, 0.29) is 17.8 Å². The molecule has 0 aromatic heterocycles. The van der Waals surface area contributed by atoms with Crippen molar-refractivity contribution in [1.29, 1.82) is 0 Å². The number of ether oxygens (including phenoxy) is 2. The Labute approximate surface area is 147 Å². The molecular weight excluding hydrogens is 321 g/mol. The number of carbonyl (C=O) groups is 1. The topological polar surface area (TPSA) is 38.8 Å². The van der Waals surface area contributed by atoms with Crippen molar-refractivity contribution in [2.75, 3.05) is 20.3 Å². The fraction of sp³-hybridized carbons (Fsp3) is 0.350. The van der Waals surface area contributed by atoms with Crippen molar-refractivity contribution in [2.45, 2.75) is 25.5 Å². The summed E-state index contributed by atoms with van der Waals surface area (Å²) in [5, 5.41) is 0. The first-order chi connectivity index (χ1) is 12.1. The van der Waals surface area contributed by atoms with Crippen LogP contribution >= 0.6 is 0 Å². The first-order valence-corrected chi connectivity index (χ1v) is 8.46. The number of amides is 1. The van der Waals surface area contributed by atoms with Crippen molar-refractivity contribution in [3.8, 4) is 5.75 Å². The van der Waals surface area contributed by atoms with Gasteiger partial charge in [0.1, 0.15) is 18.2 Å². The summed E-state index contributed by atoms with van der Waals surface area (Å²) in [4.78, 5) is 14.2. The molecule has 132 valence electrons. The van der Waals surface area contributed by atoms with Crippen LogP contribution in [0, 0.1) is 5.82 Å². The zero-order chi connectivity index (χ0) is 17.6. The van der Waals surface area contributed by atoms with Crippen LogP contribution < -0.4 is 4.74 Å². The number of benzene rings is 2. The highest BCUT2D eigenvalue weighted by atomic mass is 19.1. The van der Waals surface area contributed by atoms with Gasteiger partial charge in [0, 0.05) is 25.8 Å². The van der Waals surface area contributed by atoms with Gasteiger partial charge in [0.05, 0.1) is 6.10 Å². The van der Waals surface area contributed by atoms with E-state index in [2.05, 4.69) is 0 Å². The Morgan fingerprint density at radius 1 is 1.28 bits per heavy atom. The SMILES string of the molecule is CN(Cc1ccc(F)cc1)C(=O)c1cccc(OCC2CCCO2)c1. The van der Waals surface area contributed by atoms with Gasteiger partial charge < -0.3 is 14.4 Å². The van der Waals surface area contributed by atoms with Crippen molar-refractivity contribution in [3.63, 3.8) is 0 Å². The molecule has 1 heterocycles. The highest BCUT2D eigenvalue weighted by Crippen LogP contribution is 2.18. The van der Waals surface area contributed by atoms with Crippen LogP contribution in [0.5, 0.6) is 5.75 Å². The van der Waals surface area contributed by atoms with Gasteiger partial charge in [-0.25, -0.2) is 4.39 Å². The summed E-state index contributed by atoms with van der Waals surface area (Å²) < 4.78 is 24.3. The van der Waals surface area contributed by atoms with Gasteiger partial charge in [0.2, 0.25) is 0 Å². The lowest BCUT2D eigenvalue weighted by Gasteiger charge is -2.18. The number of carbonyl (C=O) groups excluding carboxylic acids is 1. The van der Waals surface area contributed by atoms with Crippen LogP contribution in [0.3, 0.4) is 0 Å². The standard InChI is InChI=1S/C20H22FNO3/c1-22(13-15-7-9-17(21)10-8-15)20(23)16-4-2-5-18(12-16)25-14-19-6-3-11-24-19/h2,4-5,7-10,12,19H,3,6,11,13-14H2,1H3. The lowest BCUT2D eigenvalue weighted by atomic mass is 10.1. The second-order valence-electron chi connectivity index (χ2n) is 6.26. The molecule has 4 nitrogen and oxygen atoms in total. The van der Waals surface area contributed by atoms with E-state index in [0.717, 1.165) is 25.0 Å². The van der Waals surface area contributed by atoms with Crippen LogP contribution in [-0.4, -0.2) is 37.2 Å². The van der Waals surface area contributed by atoms with E-state index in [9.17, 15) is 9.18 Å². The average Bonchev–Trinajstić information content (AvgIpc) is 3.15. The molecule has 3 rings (SSSR count). The van der Waals surface area contributed by atoms with Gasteiger partial charge in [-0.3, -0.25) is 4.79 Å². The smallest absolute Gasteiger partial charge is 0.254 e. The highest BCUT2D eigenvalue weighted by molar-refractivity contribution is 5.94. The average molecular weight is 343 g/mol. The molecule has 1 aliphatic heterocycles. The molecule has 1 saturated heterocycles. The largest absolute Gasteiger partial charge is 0.491 e. The molecule has 25 heavy (non-hydrogen) atoms. The fourth-order valence-corrected chi connectivity index (χ4v) is 2.84. The molecule has 0 saturated carbocycles. The van der Waals surface area contributed by atoms with Crippen LogP contribution in [0.4, 0.5) is 4.39 Å². The normalized spacial score (nSPS) is 16.6. The summed E-state index contributed by atoms with van der Waals surface area (Å²) in [7, 11) is 1.73.